The molecule has 1 aromatic heterocycles. The summed E-state index contributed by atoms with van der Waals surface area (Å²) < 4.78 is 1.66. The van der Waals surface area contributed by atoms with Gasteiger partial charge in [-0.15, -0.1) is 12.4 Å². The molecule has 0 bridgehead atoms. The molecule has 2 rings (SSSR count). The van der Waals surface area contributed by atoms with Crippen molar-refractivity contribution in [3.63, 3.8) is 0 Å². The zero-order valence-corrected chi connectivity index (χ0v) is 8.24. The van der Waals surface area contributed by atoms with Crippen LogP contribution in [0.3, 0.4) is 0 Å². The Labute approximate surface area is 86.8 Å². The first kappa shape index (κ1) is 10.9. The Morgan fingerprint density at radius 2 is 2.50 bits per heavy atom. The third kappa shape index (κ3) is 2.02. The van der Waals surface area contributed by atoms with E-state index in [-0.39, 0.29) is 24.1 Å². The molecule has 1 atom stereocenters. The lowest BCUT2D eigenvalue weighted by molar-refractivity contribution is -0.385. The Morgan fingerprint density at radius 3 is 3.00 bits per heavy atom. The van der Waals surface area contributed by atoms with E-state index in [0.29, 0.717) is 0 Å². The minimum absolute atomic E-state index is 0. The Hall–Kier alpha value is -1.14. The number of aromatic nitrogens is 2. The van der Waals surface area contributed by atoms with Gasteiger partial charge in [0.25, 0.3) is 0 Å². The van der Waals surface area contributed by atoms with Gasteiger partial charge >= 0.3 is 5.69 Å². The Kier molecular flexibility index (Phi) is 3.43. The van der Waals surface area contributed by atoms with Crippen molar-refractivity contribution in [1.82, 2.24) is 15.1 Å². The highest BCUT2D eigenvalue weighted by atomic mass is 35.5. The summed E-state index contributed by atoms with van der Waals surface area (Å²) in [5.74, 6) is 0. The molecule has 1 N–H and O–H groups in total. The van der Waals surface area contributed by atoms with Crippen LogP contribution in [-0.2, 0) is 0 Å². The highest BCUT2D eigenvalue weighted by Crippen LogP contribution is 2.17. The maximum atomic E-state index is 10.4. The highest BCUT2D eigenvalue weighted by molar-refractivity contribution is 5.85. The second-order valence-electron chi connectivity index (χ2n) is 3.08. The zero-order valence-electron chi connectivity index (χ0n) is 7.42. The summed E-state index contributed by atoms with van der Waals surface area (Å²) in [7, 11) is 0. The molecule has 14 heavy (non-hydrogen) atoms. The third-order valence-electron chi connectivity index (χ3n) is 2.21. The zero-order chi connectivity index (χ0) is 9.26. The molecule has 0 aromatic carbocycles. The highest BCUT2D eigenvalue weighted by Gasteiger charge is 2.19. The number of nitrogens with one attached hydrogen (secondary N) is 1. The minimum atomic E-state index is -0.425. The molecule has 1 aliphatic heterocycles. The summed E-state index contributed by atoms with van der Waals surface area (Å²) >= 11 is 0. The molecule has 7 heteroatoms. The molecule has 1 aliphatic rings. The van der Waals surface area contributed by atoms with Crippen molar-refractivity contribution in [2.45, 2.75) is 12.5 Å². The molecule has 1 saturated heterocycles. The van der Waals surface area contributed by atoms with Crippen LogP contribution in [0.4, 0.5) is 5.69 Å². The fourth-order valence-corrected chi connectivity index (χ4v) is 1.49. The van der Waals surface area contributed by atoms with Gasteiger partial charge in [-0.3, -0.25) is 14.8 Å². The van der Waals surface area contributed by atoms with Crippen LogP contribution in [0.5, 0.6) is 0 Å². The van der Waals surface area contributed by atoms with Crippen LogP contribution in [0.25, 0.3) is 0 Å². The van der Waals surface area contributed by atoms with Crippen LogP contribution in [-0.4, -0.2) is 27.8 Å². The van der Waals surface area contributed by atoms with Gasteiger partial charge in [-0.25, -0.2) is 0 Å². The molecule has 78 valence electrons. The van der Waals surface area contributed by atoms with E-state index in [2.05, 4.69) is 10.4 Å². The molecule has 0 spiro atoms. The van der Waals surface area contributed by atoms with Crippen LogP contribution in [0.1, 0.15) is 12.5 Å². The molecule has 0 aliphatic carbocycles. The van der Waals surface area contributed by atoms with Crippen LogP contribution in [0, 0.1) is 10.1 Å². The second-order valence-corrected chi connectivity index (χ2v) is 3.08. The summed E-state index contributed by atoms with van der Waals surface area (Å²) in [6.07, 6.45) is 3.76. The smallest absolute Gasteiger partial charge is 0.307 e. The van der Waals surface area contributed by atoms with Gasteiger partial charge in [0.15, 0.2) is 0 Å². The molecular weight excluding hydrogens is 208 g/mol. The summed E-state index contributed by atoms with van der Waals surface area (Å²) in [5.41, 5.74) is 0.0619. The molecular formula is C7H11ClN4O2. The van der Waals surface area contributed by atoms with Gasteiger partial charge in [0.05, 0.1) is 11.0 Å². The van der Waals surface area contributed by atoms with Crippen molar-refractivity contribution >= 4 is 18.1 Å². The fraction of sp³-hybridized carbons (Fsp3) is 0.571. The Bertz CT molecular complexity index is 321. The van der Waals surface area contributed by atoms with Crippen molar-refractivity contribution in [2.75, 3.05) is 13.1 Å². The van der Waals surface area contributed by atoms with E-state index in [4.69, 9.17) is 0 Å². The van der Waals surface area contributed by atoms with Crippen LogP contribution in [0.15, 0.2) is 12.4 Å². The summed E-state index contributed by atoms with van der Waals surface area (Å²) in [4.78, 5) is 9.94. The van der Waals surface area contributed by atoms with Crippen LogP contribution < -0.4 is 5.32 Å². The van der Waals surface area contributed by atoms with Crippen molar-refractivity contribution in [3.05, 3.63) is 22.5 Å². The van der Waals surface area contributed by atoms with Gasteiger partial charge in [0.2, 0.25) is 0 Å². The summed E-state index contributed by atoms with van der Waals surface area (Å²) in [6, 6.07) is 0.272. The molecule has 6 nitrogen and oxygen atoms in total. The maximum Gasteiger partial charge on any atom is 0.307 e. The maximum absolute atomic E-state index is 10.4. The molecule has 2 heterocycles. The average Bonchev–Trinajstić information content (AvgIpc) is 2.75. The predicted octanol–water partition coefficient (Wildman–Crippen LogP) is 0.747. The Morgan fingerprint density at radius 1 is 1.71 bits per heavy atom. The van der Waals surface area contributed by atoms with Crippen molar-refractivity contribution in [1.29, 1.82) is 0 Å². The standard InChI is InChI=1S/C7H10N4O2.ClH/c12-11(13)7-4-9-10(5-7)6-1-2-8-3-6;/h4-6,8H,1-3H2;1H/t6-;/m1./s1. The third-order valence-corrected chi connectivity index (χ3v) is 2.21. The lowest BCUT2D eigenvalue weighted by atomic mass is 10.3. The number of nitrogens with zero attached hydrogens (tertiary/aromatic N) is 3. The normalized spacial score (nSPS) is 20.4. The minimum Gasteiger partial charge on any atom is -0.315 e. The largest absolute Gasteiger partial charge is 0.315 e. The number of halogens is 1. The topological polar surface area (TPSA) is 73.0 Å². The van der Waals surface area contributed by atoms with E-state index in [0.717, 1.165) is 19.5 Å². The fourth-order valence-electron chi connectivity index (χ4n) is 1.49. The van der Waals surface area contributed by atoms with E-state index in [1.807, 2.05) is 0 Å². The number of hydrogen-bond donors (Lipinski definition) is 1. The van der Waals surface area contributed by atoms with Crippen molar-refractivity contribution < 1.29 is 4.92 Å². The first-order valence-electron chi connectivity index (χ1n) is 4.16. The van der Waals surface area contributed by atoms with Crippen LogP contribution in [0.2, 0.25) is 0 Å². The second kappa shape index (κ2) is 4.39. The average molecular weight is 219 g/mol. The summed E-state index contributed by atoms with van der Waals surface area (Å²) in [5, 5.41) is 17.5. The molecule has 0 saturated carbocycles. The van der Waals surface area contributed by atoms with E-state index >= 15 is 0 Å². The number of hydrogen-bond acceptors (Lipinski definition) is 4. The van der Waals surface area contributed by atoms with Gasteiger partial charge in [-0.1, -0.05) is 0 Å². The Balaban J connectivity index is 0.000000980. The van der Waals surface area contributed by atoms with Crippen LogP contribution >= 0.6 is 12.4 Å². The molecule has 0 radical (unpaired) electrons. The monoisotopic (exact) mass is 218 g/mol. The molecule has 1 aromatic rings. The van der Waals surface area contributed by atoms with Gasteiger partial charge in [-0.05, 0) is 13.0 Å². The first-order valence-corrected chi connectivity index (χ1v) is 4.16. The lowest BCUT2D eigenvalue weighted by Crippen LogP contribution is -2.13. The van der Waals surface area contributed by atoms with Crippen molar-refractivity contribution in [2.24, 2.45) is 0 Å². The van der Waals surface area contributed by atoms with E-state index in [1.54, 1.807) is 4.68 Å². The quantitative estimate of drug-likeness (QED) is 0.587. The van der Waals surface area contributed by atoms with Gasteiger partial charge in [-0.2, -0.15) is 5.10 Å². The summed E-state index contributed by atoms with van der Waals surface area (Å²) in [6.45, 7) is 1.80. The number of rotatable bonds is 2. The van der Waals surface area contributed by atoms with E-state index < -0.39 is 4.92 Å². The first-order chi connectivity index (χ1) is 6.27. The predicted molar refractivity (Wildman–Crippen MR) is 52.7 cm³/mol. The molecule has 0 amide bonds. The lowest BCUT2D eigenvalue weighted by Gasteiger charge is -2.06. The number of nitro groups is 1. The van der Waals surface area contributed by atoms with Gasteiger partial charge in [0, 0.05) is 6.54 Å². The van der Waals surface area contributed by atoms with E-state index in [1.165, 1.54) is 12.4 Å². The SMILES string of the molecule is Cl.O=[N+]([O-])c1cnn([C@@H]2CCNC2)c1. The van der Waals surface area contributed by atoms with Crippen molar-refractivity contribution in [3.8, 4) is 0 Å². The van der Waals surface area contributed by atoms with Gasteiger partial charge < -0.3 is 5.32 Å². The van der Waals surface area contributed by atoms with Gasteiger partial charge in [0.1, 0.15) is 12.4 Å². The molecule has 0 unspecified atom stereocenters. The molecule has 1 fully saturated rings. The van der Waals surface area contributed by atoms with E-state index in [9.17, 15) is 10.1 Å².